The molecule has 0 heterocycles. The van der Waals surface area contributed by atoms with Gasteiger partial charge in [0.25, 0.3) is 21.9 Å². The van der Waals surface area contributed by atoms with Crippen molar-refractivity contribution < 1.29 is 22.0 Å². The van der Waals surface area contributed by atoms with E-state index in [0.717, 1.165) is 11.1 Å². The second kappa shape index (κ2) is 8.01. The second-order valence-electron chi connectivity index (χ2n) is 6.17. The van der Waals surface area contributed by atoms with E-state index in [2.05, 4.69) is 10.0 Å². The van der Waals surface area contributed by atoms with Crippen LogP contribution in [0, 0.1) is 13.8 Å². The molecule has 2 aromatic rings. The second-order valence-corrected chi connectivity index (χ2v) is 7.85. The number of halogens is 2. The Morgan fingerprint density at radius 2 is 1.70 bits per heavy atom. The summed E-state index contributed by atoms with van der Waals surface area (Å²) in [5.41, 5.74) is 7.36. The summed E-state index contributed by atoms with van der Waals surface area (Å²) in [5.74, 6) is -3.94. The molecule has 1 amide bonds. The minimum Gasteiger partial charge on any atom is -0.346 e. The van der Waals surface area contributed by atoms with Crippen molar-refractivity contribution in [3.8, 4) is 0 Å². The third-order valence-electron chi connectivity index (χ3n) is 3.99. The molecule has 4 N–H and O–H groups in total. The Morgan fingerprint density at radius 1 is 1.07 bits per heavy atom. The molecule has 146 valence electrons. The summed E-state index contributed by atoms with van der Waals surface area (Å²) in [6.07, 6.45) is 0. The number of benzene rings is 2. The summed E-state index contributed by atoms with van der Waals surface area (Å²) in [5, 5.41) is 2.07. The number of hydrogen-bond donors (Lipinski definition) is 3. The van der Waals surface area contributed by atoms with Crippen LogP contribution < -0.4 is 15.8 Å². The Labute approximate surface area is 156 Å². The van der Waals surface area contributed by atoms with E-state index in [9.17, 15) is 22.0 Å². The Bertz CT molecular complexity index is 929. The van der Waals surface area contributed by atoms with E-state index in [1.807, 2.05) is 13.8 Å². The minimum atomic E-state index is -3.84. The van der Waals surface area contributed by atoms with Crippen LogP contribution >= 0.6 is 0 Å². The Hall–Kier alpha value is -2.52. The number of amides is 1. The van der Waals surface area contributed by atoms with Gasteiger partial charge in [-0.2, -0.15) is 0 Å². The molecular formula is C18H21F2N3O3S. The number of carbonyl (C=O) groups excluding carboxylic acids is 1. The molecule has 0 saturated heterocycles. The number of anilines is 1. The first-order chi connectivity index (χ1) is 12.5. The zero-order chi connectivity index (χ0) is 20.2. The Balaban J connectivity index is 2.11. The van der Waals surface area contributed by atoms with Gasteiger partial charge in [-0.3, -0.25) is 9.52 Å². The maximum absolute atomic E-state index is 13.1. The lowest BCUT2D eigenvalue weighted by Gasteiger charge is -2.14. The number of alkyl halides is 2. The van der Waals surface area contributed by atoms with Crippen LogP contribution in [-0.4, -0.2) is 33.3 Å². The molecule has 0 radical (unpaired) electrons. The highest BCUT2D eigenvalue weighted by atomic mass is 32.2. The van der Waals surface area contributed by atoms with Gasteiger partial charge in [0.1, 0.15) is 0 Å². The number of carbonyl (C=O) groups is 1. The van der Waals surface area contributed by atoms with Gasteiger partial charge in [-0.1, -0.05) is 6.07 Å². The van der Waals surface area contributed by atoms with Crippen LogP contribution in [0.5, 0.6) is 0 Å². The lowest BCUT2D eigenvalue weighted by atomic mass is 10.1. The van der Waals surface area contributed by atoms with E-state index in [1.54, 1.807) is 18.2 Å². The van der Waals surface area contributed by atoms with Gasteiger partial charge in [0, 0.05) is 11.3 Å². The van der Waals surface area contributed by atoms with Crippen molar-refractivity contribution in [3.63, 3.8) is 0 Å². The van der Waals surface area contributed by atoms with Crippen LogP contribution in [0.15, 0.2) is 47.4 Å². The first kappa shape index (κ1) is 20.8. The smallest absolute Gasteiger partial charge is 0.277 e. The molecule has 0 atom stereocenters. The van der Waals surface area contributed by atoms with Crippen molar-refractivity contribution in [1.29, 1.82) is 0 Å². The maximum atomic E-state index is 13.1. The number of nitrogens with two attached hydrogens (primary N) is 1. The van der Waals surface area contributed by atoms with Gasteiger partial charge >= 0.3 is 0 Å². The van der Waals surface area contributed by atoms with Crippen molar-refractivity contribution in [3.05, 3.63) is 59.2 Å². The minimum absolute atomic E-state index is 0.0513. The predicted molar refractivity (Wildman–Crippen MR) is 99.5 cm³/mol. The van der Waals surface area contributed by atoms with E-state index in [1.165, 1.54) is 24.3 Å². The highest BCUT2D eigenvalue weighted by Crippen LogP contribution is 2.19. The lowest BCUT2D eigenvalue weighted by Crippen LogP contribution is -2.41. The Morgan fingerprint density at radius 3 is 2.26 bits per heavy atom. The van der Waals surface area contributed by atoms with Crippen LogP contribution in [0.3, 0.4) is 0 Å². The molecule has 0 spiro atoms. The predicted octanol–water partition coefficient (Wildman–Crippen LogP) is 2.43. The molecule has 6 nitrogen and oxygen atoms in total. The highest BCUT2D eigenvalue weighted by molar-refractivity contribution is 7.92. The standard InChI is InChI=1S/C18H21F2N3O3S/c1-12-3-6-15(9-13(12)2)23-27(25,26)16-7-4-14(5-8-16)17(24)22-11-18(19,20)10-21/h3-9,23H,10-11,21H2,1-2H3,(H,22,24). The molecule has 2 aromatic carbocycles. The van der Waals surface area contributed by atoms with Gasteiger partial charge in [0.05, 0.1) is 18.0 Å². The van der Waals surface area contributed by atoms with Crippen molar-refractivity contribution in [2.45, 2.75) is 24.7 Å². The third kappa shape index (κ3) is 5.48. The molecule has 0 bridgehead atoms. The first-order valence-corrected chi connectivity index (χ1v) is 9.59. The van der Waals surface area contributed by atoms with E-state index >= 15 is 0 Å². The molecule has 0 aromatic heterocycles. The van der Waals surface area contributed by atoms with Crippen LogP contribution in [0.1, 0.15) is 21.5 Å². The van der Waals surface area contributed by atoms with Gasteiger partial charge in [-0.25, -0.2) is 17.2 Å². The highest BCUT2D eigenvalue weighted by Gasteiger charge is 2.27. The van der Waals surface area contributed by atoms with Crippen LogP contribution in [0.25, 0.3) is 0 Å². The van der Waals surface area contributed by atoms with Crippen LogP contribution in [-0.2, 0) is 10.0 Å². The number of nitrogens with one attached hydrogen (secondary N) is 2. The molecule has 0 aliphatic heterocycles. The number of sulfonamides is 1. The normalized spacial score (nSPS) is 11.9. The fourth-order valence-electron chi connectivity index (χ4n) is 2.19. The van der Waals surface area contributed by atoms with Crippen molar-refractivity contribution >= 4 is 21.6 Å². The monoisotopic (exact) mass is 397 g/mol. The molecule has 9 heteroatoms. The van der Waals surface area contributed by atoms with Gasteiger partial charge in [-0.05, 0) is 61.4 Å². The fourth-order valence-corrected chi connectivity index (χ4v) is 3.24. The average Bonchev–Trinajstić information content (AvgIpc) is 2.63. The average molecular weight is 397 g/mol. The summed E-state index contributed by atoms with van der Waals surface area (Å²) in [6.45, 7) is 2.01. The molecule has 0 aliphatic rings. The Kier molecular flexibility index (Phi) is 6.17. The van der Waals surface area contributed by atoms with Crippen molar-refractivity contribution in [2.75, 3.05) is 17.8 Å². The molecule has 0 unspecified atom stereocenters. The molecule has 0 fully saturated rings. The molecule has 2 rings (SSSR count). The largest absolute Gasteiger partial charge is 0.346 e. The first-order valence-electron chi connectivity index (χ1n) is 8.10. The van der Waals surface area contributed by atoms with Gasteiger partial charge in [0.15, 0.2) is 0 Å². The van der Waals surface area contributed by atoms with E-state index < -0.39 is 34.9 Å². The van der Waals surface area contributed by atoms with E-state index in [4.69, 9.17) is 5.73 Å². The van der Waals surface area contributed by atoms with Gasteiger partial charge < -0.3 is 11.1 Å². The SMILES string of the molecule is Cc1ccc(NS(=O)(=O)c2ccc(C(=O)NCC(F)(F)CN)cc2)cc1C. The maximum Gasteiger partial charge on any atom is 0.277 e. The van der Waals surface area contributed by atoms with E-state index in [0.29, 0.717) is 5.69 Å². The number of hydrogen-bond acceptors (Lipinski definition) is 4. The summed E-state index contributed by atoms with van der Waals surface area (Å²) >= 11 is 0. The zero-order valence-electron chi connectivity index (χ0n) is 14.9. The van der Waals surface area contributed by atoms with Gasteiger partial charge in [0.2, 0.25) is 0 Å². The molecule has 0 aliphatic carbocycles. The molecule has 27 heavy (non-hydrogen) atoms. The van der Waals surface area contributed by atoms with Gasteiger partial charge in [-0.15, -0.1) is 0 Å². The zero-order valence-corrected chi connectivity index (χ0v) is 15.7. The molecular weight excluding hydrogens is 376 g/mol. The third-order valence-corrected chi connectivity index (χ3v) is 5.39. The summed E-state index contributed by atoms with van der Waals surface area (Å²) in [7, 11) is -3.84. The fraction of sp³-hybridized carbons (Fsp3) is 0.278. The quantitative estimate of drug-likeness (QED) is 0.668. The summed E-state index contributed by atoms with van der Waals surface area (Å²) in [4.78, 5) is 11.8. The molecule has 0 saturated carbocycles. The van der Waals surface area contributed by atoms with Crippen LogP contribution in [0.2, 0.25) is 0 Å². The van der Waals surface area contributed by atoms with Crippen LogP contribution in [0.4, 0.5) is 14.5 Å². The van der Waals surface area contributed by atoms with E-state index in [-0.39, 0.29) is 10.5 Å². The number of aryl methyl sites for hydroxylation is 2. The summed E-state index contributed by atoms with van der Waals surface area (Å²) in [6, 6.07) is 10.2. The summed E-state index contributed by atoms with van der Waals surface area (Å²) < 4.78 is 53.5. The van der Waals surface area contributed by atoms with Crippen molar-refractivity contribution in [1.82, 2.24) is 5.32 Å². The van der Waals surface area contributed by atoms with Crippen molar-refractivity contribution in [2.24, 2.45) is 5.73 Å². The topological polar surface area (TPSA) is 101 Å². The lowest BCUT2D eigenvalue weighted by molar-refractivity contribution is 0.0118. The number of rotatable bonds is 7.